The SMILES string of the molecule is O=C(O)CCCCC(=O)Nc1cc2[nH]c(=O)[nH]c2cc1Br. The Labute approximate surface area is 127 Å². The van der Waals surface area contributed by atoms with Gasteiger partial charge < -0.3 is 20.4 Å². The Kier molecular flexibility index (Phi) is 4.79. The van der Waals surface area contributed by atoms with Crippen LogP contribution in [0.2, 0.25) is 0 Å². The summed E-state index contributed by atoms with van der Waals surface area (Å²) in [7, 11) is 0. The molecule has 0 fully saturated rings. The van der Waals surface area contributed by atoms with Gasteiger partial charge in [-0.25, -0.2) is 4.79 Å². The maximum Gasteiger partial charge on any atom is 0.323 e. The van der Waals surface area contributed by atoms with Crippen molar-refractivity contribution in [1.29, 1.82) is 0 Å². The minimum atomic E-state index is -0.861. The van der Waals surface area contributed by atoms with Gasteiger partial charge in [0, 0.05) is 17.3 Å². The first kappa shape index (κ1) is 15.3. The molecule has 1 aromatic carbocycles. The predicted molar refractivity (Wildman–Crippen MR) is 81.4 cm³/mol. The third kappa shape index (κ3) is 4.19. The summed E-state index contributed by atoms with van der Waals surface area (Å²) in [5.41, 5.74) is 1.49. The number of amides is 1. The van der Waals surface area contributed by atoms with Gasteiger partial charge in [0.05, 0.1) is 16.7 Å². The van der Waals surface area contributed by atoms with E-state index in [-0.39, 0.29) is 24.4 Å². The number of halogens is 1. The van der Waals surface area contributed by atoms with Crippen molar-refractivity contribution in [2.75, 3.05) is 5.32 Å². The highest BCUT2D eigenvalue weighted by atomic mass is 79.9. The third-order valence-electron chi connectivity index (χ3n) is 2.92. The van der Waals surface area contributed by atoms with E-state index in [9.17, 15) is 14.4 Å². The Bertz CT molecular complexity index is 735. The number of carbonyl (C=O) groups excluding carboxylic acids is 1. The molecule has 0 atom stereocenters. The molecule has 0 saturated heterocycles. The molecule has 0 aliphatic carbocycles. The van der Waals surface area contributed by atoms with E-state index in [0.29, 0.717) is 34.0 Å². The Morgan fingerprint density at radius 1 is 1.14 bits per heavy atom. The van der Waals surface area contributed by atoms with Crippen molar-refractivity contribution < 1.29 is 14.7 Å². The lowest BCUT2D eigenvalue weighted by atomic mass is 10.2. The fourth-order valence-electron chi connectivity index (χ4n) is 1.93. The monoisotopic (exact) mass is 355 g/mol. The number of aromatic nitrogens is 2. The number of unbranched alkanes of at least 4 members (excludes halogenated alkanes) is 1. The molecule has 1 heterocycles. The molecule has 2 rings (SSSR count). The normalized spacial score (nSPS) is 10.7. The zero-order chi connectivity index (χ0) is 15.4. The van der Waals surface area contributed by atoms with Crippen LogP contribution in [0.15, 0.2) is 21.4 Å². The fourth-order valence-corrected chi connectivity index (χ4v) is 2.37. The molecular weight excluding hydrogens is 342 g/mol. The number of carbonyl (C=O) groups is 2. The number of aliphatic carboxylic acids is 1. The summed E-state index contributed by atoms with van der Waals surface area (Å²) >= 11 is 3.33. The van der Waals surface area contributed by atoms with Gasteiger partial charge in [-0.1, -0.05) is 0 Å². The van der Waals surface area contributed by atoms with Crippen molar-refractivity contribution >= 4 is 44.5 Å². The number of imidazole rings is 1. The third-order valence-corrected chi connectivity index (χ3v) is 3.58. The number of carboxylic acids is 1. The molecule has 1 amide bonds. The number of nitrogens with one attached hydrogen (secondary N) is 3. The fraction of sp³-hybridized carbons (Fsp3) is 0.308. The lowest BCUT2D eigenvalue weighted by Gasteiger charge is -2.07. The van der Waals surface area contributed by atoms with Gasteiger partial charge >= 0.3 is 11.7 Å². The van der Waals surface area contributed by atoms with Crippen molar-refractivity contribution in [2.45, 2.75) is 25.7 Å². The molecule has 0 aliphatic heterocycles. The smallest absolute Gasteiger partial charge is 0.323 e. The van der Waals surface area contributed by atoms with Gasteiger partial charge in [-0.05, 0) is 40.9 Å². The van der Waals surface area contributed by atoms with E-state index in [1.807, 2.05) is 0 Å². The van der Waals surface area contributed by atoms with Crippen LogP contribution in [0.1, 0.15) is 25.7 Å². The van der Waals surface area contributed by atoms with Crippen molar-refractivity contribution in [3.63, 3.8) is 0 Å². The highest BCUT2D eigenvalue weighted by Crippen LogP contribution is 2.26. The van der Waals surface area contributed by atoms with Crippen LogP contribution in [0.25, 0.3) is 11.0 Å². The molecule has 1 aromatic heterocycles. The number of benzene rings is 1. The standard InChI is InChI=1S/C13H14BrN3O4/c14-7-5-9-10(17-13(21)16-9)6-8(7)15-11(18)3-1-2-4-12(19)20/h5-6H,1-4H2,(H,15,18)(H,19,20)(H2,16,17,21). The summed E-state index contributed by atoms with van der Waals surface area (Å²) in [5.74, 6) is -1.06. The Morgan fingerprint density at radius 2 is 1.76 bits per heavy atom. The molecule has 0 saturated carbocycles. The number of anilines is 1. The highest BCUT2D eigenvalue weighted by Gasteiger charge is 2.09. The topological polar surface area (TPSA) is 115 Å². The van der Waals surface area contributed by atoms with Crippen LogP contribution in [0, 0.1) is 0 Å². The van der Waals surface area contributed by atoms with Crippen LogP contribution in [0.3, 0.4) is 0 Å². The first-order chi connectivity index (χ1) is 9.95. The molecule has 21 heavy (non-hydrogen) atoms. The minimum absolute atomic E-state index is 0.0630. The van der Waals surface area contributed by atoms with Crippen molar-refractivity contribution in [1.82, 2.24) is 9.97 Å². The number of carboxylic acid groups (broad SMARTS) is 1. The van der Waals surface area contributed by atoms with Crippen LogP contribution in [-0.4, -0.2) is 27.0 Å². The van der Waals surface area contributed by atoms with Crippen LogP contribution >= 0.6 is 15.9 Å². The Hall–Kier alpha value is -2.09. The summed E-state index contributed by atoms with van der Waals surface area (Å²) < 4.78 is 0.657. The average molecular weight is 356 g/mol. The van der Waals surface area contributed by atoms with Gasteiger partial charge in [-0.3, -0.25) is 9.59 Å². The second-order valence-electron chi connectivity index (χ2n) is 4.61. The highest BCUT2D eigenvalue weighted by molar-refractivity contribution is 9.10. The van der Waals surface area contributed by atoms with Crippen molar-refractivity contribution in [2.24, 2.45) is 0 Å². The van der Waals surface area contributed by atoms with Gasteiger partial charge in [-0.2, -0.15) is 0 Å². The van der Waals surface area contributed by atoms with E-state index < -0.39 is 5.97 Å². The van der Waals surface area contributed by atoms with Crippen LogP contribution in [0.5, 0.6) is 0 Å². The molecule has 0 radical (unpaired) electrons. The molecular formula is C13H14BrN3O4. The van der Waals surface area contributed by atoms with E-state index in [0.717, 1.165) is 0 Å². The molecule has 2 aromatic rings. The molecule has 0 aliphatic rings. The van der Waals surface area contributed by atoms with E-state index in [4.69, 9.17) is 5.11 Å². The van der Waals surface area contributed by atoms with Gasteiger partial charge in [0.1, 0.15) is 0 Å². The van der Waals surface area contributed by atoms with Crippen LogP contribution < -0.4 is 11.0 Å². The van der Waals surface area contributed by atoms with Crippen molar-refractivity contribution in [3.05, 3.63) is 27.1 Å². The number of aromatic amines is 2. The van der Waals surface area contributed by atoms with Gasteiger partial charge in [-0.15, -0.1) is 0 Å². The number of hydrogen-bond acceptors (Lipinski definition) is 3. The maximum absolute atomic E-state index is 11.8. The predicted octanol–water partition coefficient (Wildman–Crippen LogP) is 2.20. The number of fused-ring (bicyclic) bond motifs is 1. The molecule has 0 spiro atoms. The minimum Gasteiger partial charge on any atom is -0.481 e. The summed E-state index contributed by atoms with van der Waals surface area (Å²) in [4.78, 5) is 38.6. The summed E-state index contributed by atoms with van der Waals surface area (Å²) in [6, 6.07) is 3.36. The van der Waals surface area contributed by atoms with Crippen LogP contribution in [-0.2, 0) is 9.59 Å². The van der Waals surface area contributed by atoms with Gasteiger partial charge in [0.2, 0.25) is 5.91 Å². The first-order valence-electron chi connectivity index (χ1n) is 6.39. The van der Waals surface area contributed by atoms with E-state index >= 15 is 0 Å². The molecule has 8 heteroatoms. The number of hydrogen-bond donors (Lipinski definition) is 4. The Morgan fingerprint density at radius 3 is 2.43 bits per heavy atom. The summed E-state index contributed by atoms with van der Waals surface area (Å²) in [5, 5.41) is 11.2. The quantitative estimate of drug-likeness (QED) is 0.594. The van der Waals surface area contributed by atoms with E-state index in [1.54, 1.807) is 12.1 Å². The molecule has 4 N–H and O–H groups in total. The lowest BCUT2D eigenvalue weighted by Crippen LogP contribution is -2.11. The van der Waals surface area contributed by atoms with Gasteiger partial charge in [0.15, 0.2) is 0 Å². The largest absolute Gasteiger partial charge is 0.481 e. The number of rotatable bonds is 6. The summed E-state index contributed by atoms with van der Waals surface area (Å²) in [6.07, 6.45) is 1.29. The van der Waals surface area contributed by atoms with E-state index in [1.165, 1.54) is 0 Å². The average Bonchev–Trinajstić information content (AvgIpc) is 2.74. The maximum atomic E-state index is 11.8. The second kappa shape index (κ2) is 6.57. The molecule has 7 nitrogen and oxygen atoms in total. The first-order valence-corrected chi connectivity index (χ1v) is 7.18. The van der Waals surface area contributed by atoms with Crippen molar-refractivity contribution in [3.8, 4) is 0 Å². The summed E-state index contributed by atoms with van der Waals surface area (Å²) in [6.45, 7) is 0. The van der Waals surface area contributed by atoms with E-state index in [2.05, 4.69) is 31.2 Å². The molecule has 0 bridgehead atoms. The van der Waals surface area contributed by atoms with Gasteiger partial charge in [0.25, 0.3) is 0 Å². The molecule has 112 valence electrons. The lowest BCUT2D eigenvalue weighted by molar-refractivity contribution is -0.137. The number of H-pyrrole nitrogens is 2. The Balaban J connectivity index is 1.98. The van der Waals surface area contributed by atoms with Crippen LogP contribution in [0.4, 0.5) is 5.69 Å². The zero-order valence-electron chi connectivity index (χ0n) is 11.0. The zero-order valence-corrected chi connectivity index (χ0v) is 12.6. The second-order valence-corrected chi connectivity index (χ2v) is 5.46. The molecule has 0 unspecified atom stereocenters.